The van der Waals surface area contributed by atoms with Crippen molar-refractivity contribution in [3.05, 3.63) is 66.2 Å². The first-order valence-corrected chi connectivity index (χ1v) is 6.93. The summed E-state index contributed by atoms with van der Waals surface area (Å²) in [5.74, 6) is 0.0587. The Morgan fingerprint density at radius 1 is 0.955 bits per heavy atom. The summed E-state index contributed by atoms with van der Waals surface area (Å²) in [6, 6.07) is 18.4. The lowest BCUT2D eigenvalue weighted by molar-refractivity contribution is -0.115. The second-order valence-corrected chi connectivity index (χ2v) is 4.87. The van der Waals surface area contributed by atoms with Crippen molar-refractivity contribution in [2.75, 3.05) is 11.9 Å². The van der Waals surface area contributed by atoms with Crippen molar-refractivity contribution >= 4 is 28.5 Å². The molecular formula is C17H15N3O2. The van der Waals surface area contributed by atoms with Crippen LogP contribution in [0.5, 0.6) is 0 Å². The highest BCUT2D eigenvalue weighted by Gasteiger charge is 2.08. The van der Waals surface area contributed by atoms with Gasteiger partial charge in [0.25, 0.3) is 5.91 Å². The molecule has 0 aliphatic carbocycles. The van der Waals surface area contributed by atoms with Crippen LogP contribution in [-0.4, -0.2) is 23.3 Å². The second kappa shape index (κ2) is 6.13. The minimum absolute atomic E-state index is 0.0803. The lowest BCUT2D eigenvalue weighted by atomic mass is 10.2. The molecule has 0 fully saturated rings. The number of anilines is 1. The van der Waals surface area contributed by atoms with Crippen molar-refractivity contribution in [1.29, 1.82) is 0 Å². The van der Waals surface area contributed by atoms with Gasteiger partial charge < -0.3 is 15.6 Å². The maximum absolute atomic E-state index is 11.9. The van der Waals surface area contributed by atoms with E-state index in [0.29, 0.717) is 11.4 Å². The van der Waals surface area contributed by atoms with Crippen LogP contribution in [0.4, 0.5) is 5.82 Å². The Balaban J connectivity index is 1.57. The Morgan fingerprint density at radius 2 is 1.68 bits per heavy atom. The lowest BCUT2D eigenvalue weighted by Crippen LogP contribution is -2.32. The summed E-state index contributed by atoms with van der Waals surface area (Å²) in [7, 11) is 0. The third kappa shape index (κ3) is 3.15. The highest BCUT2D eigenvalue weighted by atomic mass is 16.2. The maximum Gasteiger partial charge on any atom is 0.251 e. The molecule has 110 valence electrons. The van der Waals surface area contributed by atoms with Gasteiger partial charge in [-0.3, -0.25) is 9.59 Å². The van der Waals surface area contributed by atoms with Gasteiger partial charge in [0, 0.05) is 16.5 Å². The molecule has 0 aliphatic heterocycles. The minimum atomic E-state index is -0.282. The standard InChI is InChI=1S/C17H15N3O2/c21-16(11-18-17(22)12-6-2-1-3-7-12)20-15-10-13-8-4-5-9-14(13)19-15/h1-10,19H,11H2,(H,18,22)(H,20,21). The number of carbonyl (C=O) groups is 2. The number of nitrogens with one attached hydrogen (secondary N) is 3. The molecule has 5 nitrogen and oxygen atoms in total. The van der Waals surface area contributed by atoms with Crippen molar-refractivity contribution in [3.8, 4) is 0 Å². The van der Waals surface area contributed by atoms with Crippen LogP contribution >= 0.6 is 0 Å². The largest absolute Gasteiger partial charge is 0.343 e. The number of rotatable bonds is 4. The molecule has 0 spiro atoms. The second-order valence-electron chi connectivity index (χ2n) is 4.87. The van der Waals surface area contributed by atoms with Gasteiger partial charge in [0.1, 0.15) is 5.82 Å². The summed E-state index contributed by atoms with van der Waals surface area (Å²) in [6.07, 6.45) is 0. The van der Waals surface area contributed by atoms with E-state index < -0.39 is 0 Å². The highest BCUT2D eigenvalue weighted by Crippen LogP contribution is 2.17. The Labute approximate surface area is 127 Å². The number of hydrogen-bond acceptors (Lipinski definition) is 2. The zero-order valence-corrected chi connectivity index (χ0v) is 11.8. The van der Waals surface area contributed by atoms with Gasteiger partial charge in [0.05, 0.1) is 6.54 Å². The van der Waals surface area contributed by atoms with E-state index in [1.165, 1.54) is 0 Å². The molecule has 0 atom stereocenters. The van der Waals surface area contributed by atoms with Crippen molar-refractivity contribution < 1.29 is 9.59 Å². The molecule has 0 bridgehead atoms. The van der Waals surface area contributed by atoms with E-state index in [4.69, 9.17) is 0 Å². The summed E-state index contributed by atoms with van der Waals surface area (Å²) in [5.41, 5.74) is 1.48. The van der Waals surface area contributed by atoms with Gasteiger partial charge in [0.15, 0.2) is 0 Å². The van der Waals surface area contributed by atoms with Crippen LogP contribution in [0.1, 0.15) is 10.4 Å². The fraction of sp³-hybridized carbons (Fsp3) is 0.0588. The average molecular weight is 293 g/mol. The number of aromatic nitrogens is 1. The summed E-state index contributed by atoms with van der Waals surface area (Å²) in [5, 5.41) is 6.34. The predicted molar refractivity (Wildman–Crippen MR) is 85.7 cm³/mol. The third-order valence-corrected chi connectivity index (χ3v) is 3.25. The number of H-pyrrole nitrogens is 1. The molecule has 0 unspecified atom stereocenters. The van der Waals surface area contributed by atoms with Crippen LogP contribution in [-0.2, 0) is 4.79 Å². The lowest BCUT2D eigenvalue weighted by Gasteiger charge is -2.05. The van der Waals surface area contributed by atoms with E-state index >= 15 is 0 Å². The average Bonchev–Trinajstić information content (AvgIpc) is 2.95. The highest BCUT2D eigenvalue weighted by molar-refractivity contribution is 6.00. The van der Waals surface area contributed by atoms with Gasteiger partial charge in [-0.25, -0.2) is 0 Å². The summed E-state index contributed by atoms with van der Waals surface area (Å²) in [6.45, 7) is -0.0803. The van der Waals surface area contributed by atoms with E-state index in [9.17, 15) is 9.59 Å². The normalized spacial score (nSPS) is 10.4. The van der Waals surface area contributed by atoms with E-state index in [0.717, 1.165) is 10.9 Å². The van der Waals surface area contributed by atoms with Gasteiger partial charge >= 0.3 is 0 Å². The Hall–Kier alpha value is -3.08. The van der Waals surface area contributed by atoms with Crippen LogP contribution in [0.3, 0.4) is 0 Å². The molecule has 5 heteroatoms. The molecule has 1 aromatic heterocycles. The molecular weight excluding hydrogens is 278 g/mol. The number of benzene rings is 2. The Morgan fingerprint density at radius 3 is 2.45 bits per heavy atom. The summed E-state index contributed by atoms with van der Waals surface area (Å²) < 4.78 is 0. The first-order chi connectivity index (χ1) is 10.7. The summed E-state index contributed by atoms with van der Waals surface area (Å²) >= 11 is 0. The topological polar surface area (TPSA) is 74.0 Å². The molecule has 3 aromatic rings. The van der Waals surface area contributed by atoms with Crippen LogP contribution in [0, 0.1) is 0 Å². The fourth-order valence-electron chi connectivity index (χ4n) is 2.19. The number of fused-ring (bicyclic) bond motifs is 1. The van der Waals surface area contributed by atoms with Gasteiger partial charge in [0.2, 0.25) is 5.91 Å². The van der Waals surface area contributed by atoms with Crippen molar-refractivity contribution in [3.63, 3.8) is 0 Å². The van der Waals surface area contributed by atoms with Crippen molar-refractivity contribution in [2.24, 2.45) is 0 Å². The molecule has 0 saturated heterocycles. The van der Waals surface area contributed by atoms with E-state index in [2.05, 4.69) is 15.6 Å². The molecule has 22 heavy (non-hydrogen) atoms. The van der Waals surface area contributed by atoms with Crippen molar-refractivity contribution in [1.82, 2.24) is 10.3 Å². The molecule has 3 rings (SSSR count). The zero-order chi connectivity index (χ0) is 15.4. The minimum Gasteiger partial charge on any atom is -0.343 e. The SMILES string of the molecule is O=C(CNC(=O)c1ccccc1)Nc1cc2ccccc2[nH]1. The fourth-order valence-corrected chi connectivity index (χ4v) is 2.19. The third-order valence-electron chi connectivity index (χ3n) is 3.25. The van der Waals surface area contributed by atoms with E-state index in [1.807, 2.05) is 36.4 Å². The molecule has 0 saturated carbocycles. The maximum atomic E-state index is 11.9. The van der Waals surface area contributed by atoms with Crippen LogP contribution < -0.4 is 10.6 Å². The number of amides is 2. The first kappa shape index (κ1) is 13.9. The van der Waals surface area contributed by atoms with E-state index in [-0.39, 0.29) is 18.4 Å². The number of hydrogen-bond donors (Lipinski definition) is 3. The number of aromatic amines is 1. The molecule has 3 N–H and O–H groups in total. The molecule has 0 aliphatic rings. The van der Waals surface area contributed by atoms with Gasteiger partial charge in [-0.05, 0) is 24.3 Å². The number of carbonyl (C=O) groups excluding carboxylic acids is 2. The monoisotopic (exact) mass is 293 g/mol. The predicted octanol–water partition coefficient (Wildman–Crippen LogP) is 2.54. The van der Waals surface area contributed by atoms with Crippen molar-refractivity contribution in [2.45, 2.75) is 0 Å². The van der Waals surface area contributed by atoms with Crippen LogP contribution in [0.2, 0.25) is 0 Å². The van der Waals surface area contributed by atoms with E-state index in [1.54, 1.807) is 24.3 Å². The molecule has 1 heterocycles. The van der Waals surface area contributed by atoms with Crippen LogP contribution in [0.25, 0.3) is 10.9 Å². The molecule has 0 radical (unpaired) electrons. The van der Waals surface area contributed by atoms with Gasteiger partial charge in [-0.2, -0.15) is 0 Å². The van der Waals surface area contributed by atoms with Gasteiger partial charge in [-0.15, -0.1) is 0 Å². The quantitative estimate of drug-likeness (QED) is 0.691. The Bertz CT molecular complexity index is 776. The first-order valence-electron chi connectivity index (χ1n) is 6.93. The summed E-state index contributed by atoms with van der Waals surface area (Å²) in [4.78, 5) is 26.8. The molecule has 2 aromatic carbocycles. The van der Waals surface area contributed by atoms with Gasteiger partial charge in [-0.1, -0.05) is 36.4 Å². The number of para-hydroxylation sites is 1. The Kier molecular flexibility index (Phi) is 3.87. The zero-order valence-electron chi connectivity index (χ0n) is 11.8. The van der Waals surface area contributed by atoms with Crippen LogP contribution in [0.15, 0.2) is 60.7 Å². The smallest absolute Gasteiger partial charge is 0.251 e. The molecule has 2 amide bonds.